The van der Waals surface area contributed by atoms with E-state index >= 15 is 0 Å². The number of ether oxygens (including phenoxy) is 1. The zero-order chi connectivity index (χ0) is 17.4. The number of pyridine rings is 1. The Balaban J connectivity index is 1.87. The minimum absolute atomic E-state index is 0.0498. The van der Waals surface area contributed by atoms with E-state index in [2.05, 4.69) is 75.0 Å². The van der Waals surface area contributed by atoms with Crippen LogP contribution < -0.4 is 0 Å². The molecule has 1 aromatic heterocycles. The average molecular weight is 327 g/mol. The molecule has 4 rings (SSSR count). The molecular weight excluding hydrogens is 306 g/mol. The molecule has 0 saturated heterocycles. The van der Waals surface area contributed by atoms with E-state index in [0.717, 1.165) is 39.9 Å². The van der Waals surface area contributed by atoms with Crippen LogP contribution in [0, 0.1) is 13.8 Å². The van der Waals surface area contributed by atoms with E-state index in [4.69, 9.17) is 9.72 Å². The standard InChI is InChI=1S/C23H21NO/c1-4-5-22-19-13-18-12-16(3)8-11-20(18)24-21(19)14-23(25-22)17-9-6-15(2)7-10-17/h4,6-14,22H,1,5H2,2-3H3. The molecule has 1 unspecified atom stereocenters. The quantitative estimate of drug-likeness (QED) is 0.551. The van der Waals surface area contributed by atoms with Gasteiger partial charge in [-0.05, 0) is 32.0 Å². The highest BCUT2D eigenvalue weighted by atomic mass is 16.5. The second-order valence-electron chi connectivity index (χ2n) is 6.66. The van der Waals surface area contributed by atoms with Crippen LogP contribution in [0.5, 0.6) is 0 Å². The van der Waals surface area contributed by atoms with Crippen molar-refractivity contribution in [1.82, 2.24) is 4.98 Å². The molecule has 0 fully saturated rings. The van der Waals surface area contributed by atoms with Crippen LogP contribution in [0.15, 0.2) is 61.2 Å². The van der Waals surface area contributed by atoms with Crippen LogP contribution >= 0.6 is 0 Å². The van der Waals surface area contributed by atoms with Crippen LogP contribution in [0.2, 0.25) is 0 Å². The first-order valence-corrected chi connectivity index (χ1v) is 8.61. The highest BCUT2D eigenvalue weighted by Gasteiger charge is 2.24. The fraction of sp³-hybridized carbons (Fsp3) is 0.174. The fourth-order valence-electron chi connectivity index (χ4n) is 3.27. The largest absolute Gasteiger partial charge is 0.485 e. The molecule has 0 N–H and O–H groups in total. The van der Waals surface area contributed by atoms with Crippen molar-refractivity contribution in [3.63, 3.8) is 0 Å². The molecule has 0 saturated carbocycles. The molecule has 1 atom stereocenters. The van der Waals surface area contributed by atoms with Gasteiger partial charge in [0, 0.05) is 29.0 Å². The molecule has 2 heterocycles. The Kier molecular flexibility index (Phi) is 3.89. The molecule has 0 spiro atoms. The first kappa shape index (κ1) is 15.6. The maximum absolute atomic E-state index is 6.31. The second kappa shape index (κ2) is 6.21. The summed E-state index contributed by atoms with van der Waals surface area (Å²) in [6, 6.07) is 17.0. The lowest BCUT2D eigenvalue weighted by atomic mass is 9.97. The van der Waals surface area contributed by atoms with Gasteiger partial charge in [-0.2, -0.15) is 0 Å². The Labute approximate surface area is 148 Å². The molecule has 0 bridgehead atoms. The lowest BCUT2D eigenvalue weighted by Crippen LogP contribution is -2.11. The van der Waals surface area contributed by atoms with Crippen molar-refractivity contribution in [2.24, 2.45) is 0 Å². The predicted octanol–water partition coefficient (Wildman–Crippen LogP) is 6.00. The summed E-state index contributed by atoms with van der Waals surface area (Å²) in [6.45, 7) is 8.09. The van der Waals surface area contributed by atoms with Crippen molar-refractivity contribution in [2.45, 2.75) is 26.4 Å². The van der Waals surface area contributed by atoms with E-state index in [-0.39, 0.29) is 6.10 Å². The van der Waals surface area contributed by atoms with E-state index in [1.165, 1.54) is 11.1 Å². The summed E-state index contributed by atoms with van der Waals surface area (Å²) in [5.41, 5.74) is 6.70. The molecule has 2 aromatic carbocycles. The van der Waals surface area contributed by atoms with Crippen LogP contribution in [0.25, 0.3) is 22.7 Å². The summed E-state index contributed by atoms with van der Waals surface area (Å²) in [7, 11) is 0. The fourth-order valence-corrected chi connectivity index (χ4v) is 3.27. The number of hydrogen-bond acceptors (Lipinski definition) is 2. The lowest BCUT2D eigenvalue weighted by molar-refractivity contribution is 0.169. The van der Waals surface area contributed by atoms with Crippen LogP contribution in [0.1, 0.15) is 40.5 Å². The summed E-state index contributed by atoms with van der Waals surface area (Å²) in [5.74, 6) is 0.873. The number of aromatic nitrogens is 1. The summed E-state index contributed by atoms with van der Waals surface area (Å²) in [6.07, 6.45) is 4.67. The lowest BCUT2D eigenvalue weighted by Gasteiger charge is -2.26. The predicted molar refractivity (Wildman–Crippen MR) is 104 cm³/mol. The maximum Gasteiger partial charge on any atom is 0.129 e. The minimum Gasteiger partial charge on any atom is -0.485 e. The number of fused-ring (bicyclic) bond motifs is 2. The highest BCUT2D eigenvalue weighted by molar-refractivity contribution is 5.86. The Bertz CT molecular complexity index is 983. The maximum atomic E-state index is 6.31. The van der Waals surface area contributed by atoms with Gasteiger partial charge in [0.15, 0.2) is 0 Å². The Hall–Kier alpha value is -2.87. The Morgan fingerprint density at radius 2 is 1.80 bits per heavy atom. The summed E-state index contributed by atoms with van der Waals surface area (Å²) in [4.78, 5) is 4.89. The molecule has 1 aliphatic heterocycles. The highest BCUT2D eigenvalue weighted by Crippen LogP contribution is 2.38. The minimum atomic E-state index is -0.0498. The molecule has 0 amide bonds. The normalized spacial score (nSPS) is 16.1. The number of hydrogen-bond donors (Lipinski definition) is 0. The van der Waals surface area contributed by atoms with Gasteiger partial charge >= 0.3 is 0 Å². The zero-order valence-electron chi connectivity index (χ0n) is 14.6. The van der Waals surface area contributed by atoms with Gasteiger partial charge in [0.05, 0.1) is 11.2 Å². The van der Waals surface area contributed by atoms with Gasteiger partial charge in [0.1, 0.15) is 11.9 Å². The topological polar surface area (TPSA) is 22.1 Å². The van der Waals surface area contributed by atoms with Gasteiger partial charge in [0.2, 0.25) is 0 Å². The van der Waals surface area contributed by atoms with Gasteiger partial charge < -0.3 is 4.74 Å². The number of aryl methyl sites for hydroxylation is 2. The third-order valence-electron chi connectivity index (χ3n) is 4.63. The van der Waals surface area contributed by atoms with Crippen molar-refractivity contribution < 1.29 is 4.74 Å². The zero-order valence-corrected chi connectivity index (χ0v) is 14.6. The van der Waals surface area contributed by atoms with Crippen molar-refractivity contribution in [3.8, 4) is 0 Å². The van der Waals surface area contributed by atoms with Crippen LogP contribution in [-0.2, 0) is 4.74 Å². The first-order chi connectivity index (χ1) is 12.1. The van der Waals surface area contributed by atoms with E-state index in [1.807, 2.05) is 6.08 Å². The third kappa shape index (κ3) is 2.96. The molecule has 0 aliphatic carbocycles. The van der Waals surface area contributed by atoms with Crippen LogP contribution in [0.4, 0.5) is 0 Å². The molecular formula is C23H21NO. The smallest absolute Gasteiger partial charge is 0.129 e. The van der Waals surface area contributed by atoms with E-state index in [9.17, 15) is 0 Å². The molecule has 25 heavy (non-hydrogen) atoms. The Morgan fingerprint density at radius 1 is 1.04 bits per heavy atom. The van der Waals surface area contributed by atoms with Gasteiger partial charge in [0.25, 0.3) is 0 Å². The number of benzene rings is 2. The first-order valence-electron chi connectivity index (χ1n) is 8.61. The Morgan fingerprint density at radius 3 is 2.56 bits per heavy atom. The third-order valence-corrected chi connectivity index (χ3v) is 4.63. The van der Waals surface area contributed by atoms with Crippen molar-refractivity contribution >= 4 is 22.7 Å². The SMILES string of the molecule is C=CCC1OC(c2ccc(C)cc2)=Cc2nc3ccc(C)cc3cc21. The van der Waals surface area contributed by atoms with E-state index in [0.29, 0.717) is 0 Å². The van der Waals surface area contributed by atoms with Crippen molar-refractivity contribution in [2.75, 3.05) is 0 Å². The van der Waals surface area contributed by atoms with E-state index in [1.54, 1.807) is 0 Å². The van der Waals surface area contributed by atoms with Crippen molar-refractivity contribution in [1.29, 1.82) is 0 Å². The number of rotatable bonds is 3. The molecule has 2 nitrogen and oxygen atoms in total. The van der Waals surface area contributed by atoms with Gasteiger partial charge in [-0.1, -0.05) is 47.5 Å². The molecule has 124 valence electrons. The van der Waals surface area contributed by atoms with Crippen molar-refractivity contribution in [3.05, 3.63) is 89.1 Å². The summed E-state index contributed by atoms with van der Waals surface area (Å²) >= 11 is 0. The molecule has 0 radical (unpaired) electrons. The van der Waals surface area contributed by atoms with Crippen LogP contribution in [-0.4, -0.2) is 4.98 Å². The van der Waals surface area contributed by atoms with Crippen LogP contribution in [0.3, 0.4) is 0 Å². The van der Waals surface area contributed by atoms with Gasteiger partial charge in [-0.15, -0.1) is 6.58 Å². The number of nitrogens with zero attached hydrogens (tertiary/aromatic N) is 1. The summed E-state index contributed by atoms with van der Waals surface area (Å²) in [5, 5.41) is 1.16. The summed E-state index contributed by atoms with van der Waals surface area (Å²) < 4.78 is 6.31. The van der Waals surface area contributed by atoms with E-state index < -0.39 is 0 Å². The monoisotopic (exact) mass is 327 g/mol. The molecule has 3 aromatic rings. The second-order valence-corrected chi connectivity index (χ2v) is 6.66. The average Bonchev–Trinajstić information content (AvgIpc) is 2.61. The van der Waals surface area contributed by atoms with Gasteiger partial charge in [-0.3, -0.25) is 0 Å². The molecule has 2 heteroatoms. The molecule has 1 aliphatic rings. The van der Waals surface area contributed by atoms with Gasteiger partial charge in [-0.25, -0.2) is 4.98 Å².